The van der Waals surface area contributed by atoms with Gasteiger partial charge in [-0.25, -0.2) is 14.4 Å². The predicted molar refractivity (Wildman–Crippen MR) is 77.5 cm³/mol. The lowest BCUT2D eigenvalue weighted by Gasteiger charge is -2.28. The van der Waals surface area contributed by atoms with E-state index in [1.54, 1.807) is 4.90 Å². The Balaban J connectivity index is 2.05. The minimum absolute atomic E-state index is 0.0423. The molecule has 1 saturated heterocycles. The zero-order chi connectivity index (χ0) is 16.4. The Kier molecular flexibility index (Phi) is 4.16. The lowest BCUT2D eigenvalue weighted by Crippen LogP contribution is -2.44. The molecule has 1 fully saturated rings. The van der Waals surface area contributed by atoms with E-state index in [0.717, 1.165) is 6.07 Å². The molecule has 0 saturated carbocycles. The van der Waals surface area contributed by atoms with Crippen LogP contribution in [0.3, 0.4) is 0 Å². The van der Waals surface area contributed by atoms with Crippen molar-refractivity contribution in [2.75, 3.05) is 31.1 Å². The summed E-state index contributed by atoms with van der Waals surface area (Å²) in [5.74, 6) is -0.415. The second kappa shape index (κ2) is 6.11. The Bertz CT molecular complexity index is 679. The fourth-order valence-corrected chi connectivity index (χ4v) is 2.35. The van der Waals surface area contributed by atoms with E-state index in [1.807, 2.05) is 0 Å². The van der Waals surface area contributed by atoms with E-state index < -0.39 is 17.7 Å². The number of piperazine rings is 1. The quantitative estimate of drug-likeness (QED) is 0.862. The summed E-state index contributed by atoms with van der Waals surface area (Å²) in [6.45, 7) is 2.38. The topological polar surface area (TPSA) is 41.1 Å². The van der Waals surface area contributed by atoms with Gasteiger partial charge in [-0.2, -0.15) is 13.2 Å². The van der Waals surface area contributed by atoms with Crippen LogP contribution in [0.4, 0.5) is 23.5 Å². The van der Waals surface area contributed by atoms with Crippen molar-refractivity contribution in [2.24, 2.45) is 0 Å². The van der Waals surface area contributed by atoms with Gasteiger partial charge in [0, 0.05) is 31.7 Å². The van der Waals surface area contributed by atoms with E-state index in [9.17, 15) is 17.6 Å². The summed E-state index contributed by atoms with van der Waals surface area (Å²) in [6.07, 6.45) is -4.57. The highest BCUT2D eigenvalue weighted by Crippen LogP contribution is 2.31. The zero-order valence-corrected chi connectivity index (χ0v) is 12.1. The monoisotopic (exact) mass is 326 g/mol. The van der Waals surface area contributed by atoms with Crippen LogP contribution in [0.25, 0.3) is 11.3 Å². The highest BCUT2D eigenvalue weighted by molar-refractivity contribution is 5.61. The first-order valence-corrected chi connectivity index (χ1v) is 7.11. The zero-order valence-electron chi connectivity index (χ0n) is 12.1. The lowest BCUT2D eigenvalue weighted by atomic mass is 10.1. The fraction of sp³-hybridized carbons (Fsp3) is 0.333. The van der Waals surface area contributed by atoms with Crippen LogP contribution < -0.4 is 10.2 Å². The molecule has 0 radical (unpaired) electrons. The van der Waals surface area contributed by atoms with Crippen LogP contribution in [-0.2, 0) is 6.18 Å². The number of alkyl halides is 3. The third-order valence-corrected chi connectivity index (χ3v) is 3.54. The minimum atomic E-state index is -4.57. The van der Waals surface area contributed by atoms with Crippen molar-refractivity contribution in [2.45, 2.75) is 6.18 Å². The summed E-state index contributed by atoms with van der Waals surface area (Å²) < 4.78 is 52.4. The highest BCUT2D eigenvalue weighted by atomic mass is 19.4. The molecule has 1 N–H and O–H groups in total. The van der Waals surface area contributed by atoms with Gasteiger partial charge in [0.05, 0.1) is 5.69 Å². The van der Waals surface area contributed by atoms with Gasteiger partial charge in [-0.15, -0.1) is 0 Å². The van der Waals surface area contributed by atoms with Crippen molar-refractivity contribution in [3.63, 3.8) is 0 Å². The van der Waals surface area contributed by atoms with Crippen LogP contribution in [0.1, 0.15) is 5.69 Å². The minimum Gasteiger partial charge on any atom is -0.338 e. The van der Waals surface area contributed by atoms with E-state index in [0.29, 0.717) is 31.7 Å². The van der Waals surface area contributed by atoms with E-state index in [4.69, 9.17) is 0 Å². The first-order chi connectivity index (χ1) is 10.9. The van der Waals surface area contributed by atoms with Gasteiger partial charge in [0.1, 0.15) is 5.82 Å². The van der Waals surface area contributed by atoms with E-state index in [-0.39, 0.29) is 11.6 Å². The molecule has 1 aliphatic rings. The van der Waals surface area contributed by atoms with Crippen molar-refractivity contribution >= 4 is 5.95 Å². The first kappa shape index (κ1) is 15.7. The summed E-state index contributed by atoms with van der Waals surface area (Å²) >= 11 is 0. The number of rotatable bonds is 2. The molecule has 2 heterocycles. The van der Waals surface area contributed by atoms with Crippen LogP contribution in [0.15, 0.2) is 30.3 Å². The van der Waals surface area contributed by atoms with Crippen LogP contribution in [-0.4, -0.2) is 36.1 Å². The average Bonchev–Trinajstić information content (AvgIpc) is 2.55. The lowest BCUT2D eigenvalue weighted by molar-refractivity contribution is -0.141. The third kappa shape index (κ3) is 3.58. The van der Waals surface area contributed by atoms with Gasteiger partial charge in [0.2, 0.25) is 5.95 Å². The Morgan fingerprint density at radius 3 is 2.26 bits per heavy atom. The van der Waals surface area contributed by atoms with Gasteiger partial charge in [0.15, 0.2) is 5.69 Å². The summed E-state index contributed by atoms with van der Waals surface area (Å²) in [5, 5.41) is 3.12. The van der Waals surface area contributed by atoms with Gasteiger partial charge in [0.25, 0.3) is 0 Å². The molecule has 0 spiro atoms. The predicted octanol–water partition coefficient (Wildman–Crippen LogP) is 2.71. The molecule has 3 rings (SSSR count). The maximum atomic E-state index is 13.1. The van der Waals surface area contributed by atoms with Gasteiger partial charge in [-0.1, -0.05) is 0 Å². The van der Waals surface area contributed by atoms with Gasteiger partial charge in [-0.05, 0) is 30.3 Å². The molecule has 8 heteroatoms. The molecule has 4 nitrogen and oxygen atoms in total. The van der Waals surface area contributed by atoms with Crippen molar-refractivity contribution in [3.05, 3.63) is 41.8 Å². The number of aromatic nitrogens is 2. The molecule has 122 valence electrons. The van der Waals surface area contributed by atoms with E-state index >= 15 is 0 Å². The van der Waals surface area contributed by atoms with E-state index in [1.165, 1.54) is 24.3 Å². The SMILES string of the molecule is Fc1ccc(-c2cc(C(F)(F)F)nc(N3CCNCC3)n2)cc1. The van der Waals surface area contributed by atoms with Crippen molar-refractivity contribution < 1.29 is 17.6 Å². The molecule has 0 bridgehead atoms. The number of nitrogens with zero attached hydrogens (tertiary/aromatic N) is 3. The summed E-state index contributed by atoms with van der Waals surface area (Å²) in [5.41, 5.74) is -0.461. The molecule has 23 heavy (non-hydrogen) atoms. The summed E-state index contributed by atoms with van der Waals surface area (Å²) in [7, 11) is 0. The normalized spacial score (nSPS) is 15.7. The molecule has 1 aromatic heterocycles. The molecular weight excluding hydrogens is 312 g/mol. The molecule has 2 aromatic rings. The van der Waals surface area contributed by atoms with Crippen molar-refractivity contribution in [3.8, 4) is 11.3 Å². The number of benzene rings is 1. The molecule has 0 unspecified atom stereocenters. The van der Waals surface area contributed by atoms with Crippen LogP contribution in [0, 0.1) is 5.82 Å². The molecular formula is C15H14F4N4. The second-order valence-electron chi connectivity index (χ2n) is 5.18. The maximum Gasteiger partial charge on any atom is 0.433 e. The van der Waals surface area contributed by atoms with Gasteiger partial charge < -0.3 is 10.2 Å². The van der Waals surface area contributed by atoms with Crippen LogP contribution in [0.5, 0.6) is 0 Å². The molecule has 1 aliphatic heterocycles. The smallest absolute Gasteiger partial charge is 0.338 e. The van der Waals surface area contributed by atoms with Crippen LogP contribution >= 0.6 is 0 Å². The summed E-state index contributed by atoms with van der Waals surface area (Å²) in [6, 6.07) is 6.07. The first-order valence-electron chi connectivity index (χ1n) is 7.11. The van der Waals surface area contributed by atoms with Gasteiger partial charge >= 0.3 is 6.18 Å². The maximum absolute atomic E-state index is 13.1. The molecule has 0 amide bonds. The highest BCUT2D eigenvalue weighted by Gasteiger charge is 2.34. The van der Waals surface area contributed by atoms with Crippen molar-refractivity contribution in [1.82, 2.24) is 15.3 Å². The Morgan fingerprint density at radius 1 is 1.00 bits per heavy atom. The standard InChI is InChI=1S/C15H14F4N4/c16-11-3-1-10(2-4-11)12-9-13(15(17,18)19)22-14(21-12)23-7-5-20-6-8-23/h1-4,9,20H,5-8H2. The molecule has 0 atom stereocenters. The van der Waals surface area contributed by atoms with Crippen LogP contribution in [0.2, 0.25) is 0 Å². The number of anilines is 1. The largest absolute Gasteiger partial charge is 0.433 e. The third-order valence-electron chi connectivity index (χ3n) is 3.54. The van der Waals surface area contributed by atoms with Gasteiger partial charge in [-0.3, -0.25) is 0 Å². The number of nitrogens with one attached hydrogen (secondary N) is 1. The Morgan fingerprint density at radius 2 is 1.65 bits per heavy atom. The number of hydrogen-bond donors (Lipinski definition) is 1. The second-order valence-corrected chi connectivity index (χ2v) is 5.18. The molecule has 1 aromatic carbocycles. The Hall–Kier alpha value is -2.22. The number of halogens is 4. The summed E-state index contributed by atoms with van der Waals surface area (Å²) in [4.78, 5) is 9.60. The average molecular weight is 326 g/mol. The molecule has 0 aliphatic carbocycles. The Labute approximate surface area is 130 Å². The fourth-order valence-electron chi connectivity index (χ4n) is 2.35. The number of hydrogen-bond acceptors (Lipinski definition) is 4. The van der Waals surface area contributed by atoms with Crippen molar-refractivity contribution in [1.29, 1.82) is 0 Å². The van der Waals surface area contributed by atoms with E-state index in [2.05, 4.69) is 15.3 Å².